The zero-order valence-electron chi connectivity index (χ0n) is 12.0. The SMILES string of the molecule is CC1(C)C(C#Cc2ccccc2)C1N1CCCCC1. The van der Waals surface area contributed by atoms with Crippen LogP contribution < -0.4 is 0 Å². The first-order valence-electron chi connectivity index (χ1n) is 7.50. The fourth-order valence-electron chi connectivity index (χ4n) is 3.44. The second kappa shape index (κ2) is 5.02. The van der Waals surface area contributed by atoms with Crippen LogP contribution in [0.2, 0.25) is 0 Å². The minimum atomic E-state index is 0.374. The minimum Gasteiger partial charge on any atom is -0.299 e. The Hall–Kier alpha value is -1.26. The summed E-state index contributed by atoms with van der Waals surface area (Å²) in [4.78, 5) is 2.67. The lowest BCUT2D eigenvalue weighted by Crippen LogP contribution is -2.34. The predicted octanol–water partition coefficient (Wildman–Crippen LogP) is 3.55. The van der Waals surface area contributed by atoms with Gasteiger partial charge in [-0.1, -0.05) is 50.3 Å². The molecule has 100 valence electrons. The summed E-state index contributed by atoms with van der Waals surface area (Å²) in [6.45, 7) is 7.29. The van der Waals surface area contributed by atoms with Crippen molar-refractivity contribution in [2.45, 2.75) is 39.2 Å². The molecule has 0 N–H and O–H groups in total. The van der Waals surface area contributed by atoms with E-state index < -0.39 is 0 Å². The zero-order valence-corrected chi connectivity index (χ0v) is 12.0. The lowest BCUT2D eigenvalue weighted by molar-refractivity contribution is 0.196. The van der Waals surface area contributed by atoms with Crippen molar-refractivity contribution in [1.82, 2.24) is 4.90 Å². The molecule has 0 aromatic heterocycles. The Morgan fingerprint density at radius 1 is 1.05 bits per heavy atom. The van der Waals surface area contributed by atoms with Gasteiger partial charge in [-0.2, -0.15) is 0 Å². The second-order valence-electron chi connectivity index (χ2n) is 6.48. The van der Waals surface area contributed by atoms with Crippen LogP contribution in [0.1, 0.15) is 38.7 Å². The third-order valence-electron chi connectivity index (χ3n) is 4.70. The smallest absolute Gasteiger partial charge is 0.0434 e. The molecule has 3 rings (SSSR count). The van der Waals surface area contributed by atoms with Crippen LogP contribution in [0.15, 0.2) is 30.3 Å². The number of likely N-dealkylation sites (tertiary alicyclic amines) is 1. The normalized spacial score (nSPS) is 29.4. The third-order valence-corrected chi connectivity index (χ3v) is 4.70. The molecule has 0 spiro atoms. The minimum absolute atomic E-state index is 0.374. The molecule has 1 aliphatic carbocycles. The summed E-state index contributed by atoms with van der Waals surface area (Å²) in [5.74, 6) is 7.42. The second-order valence-corrected chi connectivity index (χ2v) is 6.48. The lowest BCUT2D eigenvalue weighted by Gasteiger charge is -2.27. The summed E-state index contributed by atoms with van der Waals surface area (Å²) in [5.41, 5.74) is 1.52. The highest BCUT2D eigenvalue weighted by atomic mass is 15.2. The van der Waals surface area contributed by atoms with Gasteiger partial charge in [0, 0.05) is 17.5 Å². The Morgan fingerprint density at radius 2 is 1.74 bits per heavy atom. The first kappa shape index (κ1) is 12.8. The van der Waals surface area contributed by atoms with Gasteiger partial charge in [0.25, 0.3) is 0 Å². The van der Waals surface area contributed by atoms with Gasteiger partial charge < -0.3 is 0 Å². The molecule has 0 radical (unpaired) electrons. The molecule has 1 aromatic carbocycles. The Labute approximate surface area is 117 Å². The van der Waals surface area contributed by atoms with Gasteiger partial charge in [-0.15, -0.1) is 0 Å². The standard InChI is InChI=1S/C18H23N/c1-18(2)16(12-11-15-9-5-3-6-10-15)17(18)19-13-7-4-8-14-19/h3,5-6,9-10,16-17H,4,7-8,13-14H2,1-2H3. The summed E-state index contributed by atoms with van der Waals surface area (Å²) in [6, 6.07) is 11.0. The highest BCUT2D eigenvalue weighted by molar-refractivity contribution is 5.37. The van der Waals surface area contributed by atoms with Crippen molar-refractivity contribution in [3.05, 3.63) is 35.9 Å². The monoisotopic (exact) mass is 253 g/mol. The Kier molecular flexibility index (Phi) is 3.37. The Balaban J connectivity index is 1.70. The maximum Gasteiger partial charge on any atom is 0.0434 e. The molecule has 1 heterocycles. The highest BCUT2D eigenvalue weighted by Gasteiger charge is 2.59. The van der Waals surface area contributed by atoms with E-state index in [9.17, 15) is 0 Å². The molecule has 2 aliphatic rings. The fourth-order valence-corrected chi connectivity index (χ4v) is 3.44. The predicted molar refractivity (Wildman–Crippen MR) is 79.8 cm³/mol. The van der Waals surface area contributed by atoms with E-state index in [0.29, 0.717) is 17.4 Å². The van der Waals surface area contributed by atoms with Crippen LogP contribution in [-0.4, -0.2) is 24.0 Å². The van der Waals surface area contributed by atoms with Gasteiger partial charge in [-0.3, -0.25) is 4.90 Å². The van der Waals surface area contributed by atoms with Crippen molar-refractivity contribution in [2.75, 3.05) is 13.1 Å². The molecule has 2 fully saturated rings. The van der Waals surface area contributed by atoms with Gasteiger partial charge in [0.15, 0.2) is 0 Å². The molecule has 0 amide bonds. The van der Waals surface area contributed by atoms with Crippen molar-refractivity contribution in [3.63, 3.8) is 0 Å². The van der Waals surface area contributed by atoms with E-state index in [4.69, 9.17) is 0 Å². The van der Waals surface area contributed by atoms with E-state index in [-0.39, 0.29) is 0 Å². The number of benzene rings is 1. The summed E-state index contributed by atoms with van der Waals surface area (Å²) >= 11 is 0. The number of piperidine rings is 1. The van der Waals surface area contributed by atoms with Crippen molar-refractivity contribution in [1.29, 1.82) is 0 Å². The van der Waals surface area contributed by atoms with Gasteiger partial charge >= 0.3 is 0 Å². The van der Waals surface area contributed by atoms with Crippen LogP contribution >= 0.6 is 0 Å². The molecular formula is C18H23N. The Bertz CT molecular complexity index is 485. The molecule has 1 heteroatoms. The maximum atomic E-state index is 3.52. The fraction of sp³-hybridized carbons (Fsp3) is 0.556. The first-order chi connectivity index (χ1) is 9.19. The van der Waals surface area contributed by atoms with Gasteiger partial charge in [0.1, 0.15) is 0 Å². The van der Waals surface area contributed by atoms with Gasteiger partial charge in [-0.05, 0) is 43.5 Å². The number of rotatable bonds is 1. The van der Waals surface area contributed by atoms with Gasteiger partial charge in [0.05, 0.1) is 0 Å². The van der Waals surface area contributed by atoms with Crippen LogP contribution in [-0.2, 0) is 0 Å². The van der Waals surface area contributed by atoms with E-state index in [0.717, 1.165) is 5.56 Å². The highest BCUT2D eigenvalue weighted by Crippen LogP contribution is 2.55. The largest absolute Gasteiger partial charge is 0.299 e. The van der Waals surface area contributed by atoms with E-state index >= 15 is 0 Å². The third kappa shape index (κ3) is 2.55. The topological polar surface area (TPSA) is 3.24 Å². The van der Waals surface area contributed by atoms with Crippen LogP contribution in [0, 0.1) is 23.2 Å². The molecule has 2 unspecified atom stereocenters. The molecule has 1 aliphatic heterocycles. The van der Waals surface area contributed by atoms with E-state index in [1.807, 2.05) is 6.07 Å². The van der Waals surface area contributed by atoms with Crippen molar-refractivity contribution < 1.29 is 0 Å². The number of hydrogen-bond donors (Lipinski definition) is 0. The quantitative estimate of drug-likeness (QED) is 0.692. The summed E-state index contributed by atoms with van der Waals surface area (Å²) in [5, 5.41) is 0. The summed E-state index contributed by atoms with van der Waals surface area (Å²) < 4.78 is 0. The lowest BCUT2D eigenvalue weighted by atomic mass is 10.1. The molecule has 19 heavy (non-hydrogen) atoms. The number of hydrogen-bond acceptors (Lipinski definition) is 1. The molecule has 1 saturated carbocycles. The van der Waals surface area contributed by atoms with Crippen molar-refractivity contribution >= 4 is 0 Å². The van der Waals surface area contributed by atoms with Gasteiger partial charge in [-0.25, -0.2) is 0 Å². The van der Waals surface area contributed by atoms with Gasteiger partial charge in [0.2, 0.25) is 0 Å². The van der Waals surface area contributed by atoms with Crippen molar-refractivity contribution in [2.24, 2.45) is 11.3 Å². The zero-order chi connectivity index (χ0) is 13.3. The summed E-state index contributed by atoms with van der Waals surface area (Å²) in [6.07, 6.45) is 4.14. The first-order valence-corrected chi connectivity index (χ1v) is 7.50. The van der Waals surface area contributed by atoms with Crippen LogP contribution in [0.3, 0.4) is 0 Å². The van der Waals surface area contributed by atoms with Crippen LogP contribution in [0.5, 0.6) is 0 Å². The molecule has 2 atom stereocenters. The number of nitrogens with zero attached hydrogens (tertiary/aromatic N) is 1. The van der Waals surface area contributed by atoms with E-state index in [1.165, 1.54) is 32.4 Å². The van der Waals surface area contributed by atoms with Crippen molar-refractivity contribution in [3.8, 4) is 11.8 Å². The Morgan fingerprint density at radius 3 is 2.42 bits per heavy atom. The van der Waals surface area contributed by atoms with Crippen LogP contribution in [0.25, 0.3) is 0 Å². The molecule has 1 nitrogen and oxygen atoms in total. The average Bonchev–Trinajstić information content (AvgIpc) is 3.00. The molecule has 1 aromatic rings. The van der Waals surface area contributed by atoms with E-state index in [2.05, 4.69) is 54.9 Å². The average molecular weight is 253 g/mol. The van der Waals surface area contributed by atoms with Crippen LogP contribution in [0.4, 0.5) is 0 Å². The molecular weight excluding hydrogens is 230 g/mol. The molecule has 1 saturated heterocycles. The van der Waals surface area contributed by atoms with E-state index in [1.54, 1.807) is 0 Å². The maximum absolute atomic E-state index is 3.52. The molecule has 0 bridgehead atoms. The summed E-state index contributed by atoms with van der Waals surface area (Å²) in [7, 11) is 0.